The van der Waals surface area contributed by atoms with Crippen LogP contribution in [0.25, 0.3) is 5.57 Å². The van der Waals surface area contributed by atoms with Crippen LogP contribution in [-0.4, -0.2) is 61.8 Å². The summed E-state index contributed by atoms with van der Waals surface area (Å²) in [5, 5.41) is 5.57. The van der Waals surface area contributed by atoms with Gasteiger partial charge in [-0.3, -0.25) is 4.79 Å². The highest BCUT2D eigenvalue weighted by Crippen LogP contribution is 2.41. The van der Waals surface area contributed by atoms with Crippen LogP contribution in [0, 0.1) is 6.92 Å². The molecular weight excluding hydrogens is 665 g/mol. The molecule has 2 saturated heterocycles. The number of methoxy groups -OCH3 is 1. The molecule has 6 nitrogen and oxygen atoms in total. The topological polar surface area (TPSA) is 54.0 Å². The van der Waals surface area contributed by atoms with Gasteiger partial charge in [0.15, 0.2) is 5.75 Å². The van der Waals surface area contributed by atoms with Gasteiger partial charge in [-0.25, -0.2) is 0 Å². The highest BCUT2D eigenvalue weighted by Gasteiger charge is 2.42. The van der Waals surface area contributed by atoms with E-state index in [0.29, 0.717) is 28.4 Å². The Labute approximate surface area is 299 Å². The van der Waals surface area contributed by atoms with Crippen LogP contribution in [0.5, 0.6) is 5.75 Å². The Balaban J connectivity index is 1.10. The summed E-state index contributed by atoms with van der Waals surface area (Å²) in [6.45, 7) is 4.87. The highest BCUT2D eigenvalue weighted by molar-refractivity contribution is 6.37. The molecule has 9 heteroatoms. The molecule has 0 unspecified atom stereocenters. The third-order valence-electron chi connectivity index (χ3n) is 10.3. The Hall–Kier alpha value is -2.74. The van der Waals surface area contributed by atoms with Gasteiger partial charge in [-0.05, 0) is 110 Å². The number of carbonyl (C=O) groups excluding carboxylic acids is 1. The highest BCUT2D eigenvalue weighted by atomic mass is 35.5. The second-order valence-corrected chi connectivity index (χ2v) is 15.1. The lowest BCUT2D eigenvalue weighted by atomic mass is 9.88. The Morgan fingerprint density at radius 3 is 2.46 bits per heavy atom. The van der Waals surface area contributed by atoms with Crippen molar-refractivity contribution in [3.8, 4) is 5.75 Å². The van der Waals surface area contributed by atoms with Crippen molar-refractivity contribution >= 4 is 52.0 Å². The molecule has 1 saturated carbocycles. The van der Waals surface area contributed by atoms with Crippen molar-refractivity contribution < 1.29 is 14.3 Å². The average Bonchev–Trinajstić information content (AvgIpc) is 3.69. The van der Waals surface area contributed by atoms with Gasteiger partial charge in [0.2, 0.25) is 0 Å². The average molecular weight is 709 g/mol. The summed E-state index contributed by atoms with van der Waals surface area (Å²) in [6, 6.07) is 19.5. The molecule has 3 aliphatic heterocycles. The van der Waals surface area contributed by atoms with E-state index in [4.69, 9.17) is 44.3 Å². The maximum atomic E-state index is 14.6. The Bertz CT molecular complexity index is 1670. The van der Waals surface area contributed by atoms with Crippen LogP contribution in [0.4, 0.5) is 5.69 Å². The first kappa shape index (κ1) is 33.7. The van der Waals surface area contributed by atoms with E-state index in [9.17, 15) is 4.79 Å². The predicted octanol–water partition coefficient (Wildman–Crippen LogP) is 8.66. The molecule has 3 aromatic carbocycles. The van der Waals surface area contributed by atoms with Gasteiger partial charge in [0, 0.05) is 67.6 Å². The smallest absolute Gasteiger partial charge is 0.252 e. The molecule has 3 fully saturated rings. The van der Waals surface area contributed by atoms with E-state index in [1.54, 1.807) is 7.11 Å². The number of benzene rings is 3. The third-order valence-corrected chi connectivity index (χ3v) is 11.2. The zero-order chi connectivity index (χ0) is 33.4. The van der Waals surface area contributed by atoms with Crippen LogP contribution < -0.4 is 15.0 Å². The maximum absolute atomic E-state index is 14.6. The Kier molecular flexibility index (Phi) is 10.3. The van der Waals surface area contributed by atoms with E-state index in [1.807, 2.05) is 25.1 Å². The van der Waals surface area contributed by atoms with Crippen molar-refractivity contribution in [2.24, 2.45) is 0 Å². The molecule has 1 amide bonds. The Morgan fingerprint density at radius 2 is 1.73 bits per heavy atom. The monoisotopic (exact) mass is 707 g/mol. The molecular formula is C39H44Cl3N3O3. The maximum Gasteiger partial charge on any atom is 0.252 e. The van der Waals surface area contributed by atoms with Gasteiger partial charge in [-0.1, -0.05) is 59.1 Å². The fourth-order valence-electron chi connectivity index (χ4n) is 7.64. The van der Waals surface area contributed by atoms with E-state index in [1.165, 1.54) is 11.1 Å². The van der Waals surface area contributed by atoms with Crippen LogP contribution in [0.2, 0.25) is 15.1 Å². The molecule has 0 radical (unpaired) electrons. The lowest BCUT2D eigenvalue weighted by molar-refractivity contribution is -0.128. The van der Waals surface area contributed by atoms with E-state index < -0.39 is 0 Å². The normalized spacial score (nSPS) is 22.0. The number of anilines is 1. The van der Waals surface area contributed by atoms with E-state index in [0.717, 1.165) is 104 Å². The van der Waals surface area contributed by atoms with E-state index in [2.05, 4.69) is 51.5 Å². The molecule has 0 spiro atoms. The fraction of sp³-hybridized carbons (Fsp3) is 0.462. The summed E-state index contributed by atoms with van der Waals surface area (Å²) in [7, 11) is 1.73. The van der Waals surface area contributed by atoms with Gasteiger partial charge in [0.25, 0.3) is 5.91 Å². The Morgan fingerprint density at radius 1 is 0.958 bits per heavy atom. The summed E-state index contributed by atoms with van der Waals surface area (Å²) >= 11 is 19.7. The van der Waals surface area contributed by atoms with Crippen LogP contribution in [-0.2, 0) is 22.5 Å². The number of halogens is 3. The van der Waals surface area contributed by atoms with Gasteiger partial charge in [-0.2, -0.15) is 0 Å². The number of carbonyl (C=O) groups is 1. The number of rotatable bonds is 12. The lowest BCUT2D eigenvalue weighted by Gasteiger charge is -2.32. The summed E-state index contributed by atoms with van der Waals surface area (Å²) in [4.78, 5) is 19.1. The van der Waals surface area contributed by atoms with E-state index in [-0.39, 0.29) is 24.1 Å². The number of nitrogens with one attached hydrogen (secondary N) is 1. The molecule has 1 N–H and O–H groups in total. The molecule has 48 heavy (non-hydrogen) atoms. The SMILES string of the molecule is COCCCc1ccc(Cl)c(CN(C(=O)C2=C(c3ccc(N4CC[C@@H](Oc5c(Cl)cc(C)cc5Cl)C4)cc3)C[C@@H]3CC[C@@H]2N3)C2CC2)c1. The van der Waals surface area contributed by atoms with Crippen molar-refractivity contribution in [3.05, 3.63) is 97.5 Å². The summed E-state index contributed by atoms with van der Waals surface area (Å²) < 4.78 is 11.5. The van der Waals surface area contributed by atoms with Crippen LogP contribution in [0.3, 0.4) is 0 Å². The number of fused-ring (bicyclic) bond motifs is 2. The zero-order valence-electron chi connectivity index (χ0n) is 27.7. The quantitative estimate of drug-likeness (QED) is 0.191. The predicted molar refractivity (Wildman–Crippen MR) is 196 cm³/mol. The fourth-order valence-corrected chi connectivity index (χ4v) is 8.50. The number of aryl methyl sites for hydroxylation is 2. The molecule has 1 aliphatic carbocycles. The lowest BCUT2D eigenvalue weighted by Crippen LogP contribution is -2.44. The molecule has 7 rings (SSSR count). The van der Waals surface area contributed by atoms with E-state index >= 15 is 0 Å². The van der Waals surface area contributed by atoms with Crippen LogP contribution in [0.1, 0.15) is 67.2 Å². The van der Waals surface area contributed by atoms with Gasteiger partial charge >= 0.3 is 0 Å². The first-order valence-corrected chi connectivity index (χ1v) is 18.4. The van der Waals surface area contributed by atoms with Crippen LogP contribution in [0.15, 0.2) is 60.2 Å². The molecule has 2 bridgehead atoms. The van der Waals surface area contributed by atoms with Crippen molar-refractivity contribution in [3.63, 3.8) is 0 Å². The van der Waals surface area contributed by atoms with Crippen molar-refractivity contribution in [1.82, 2.24) is 10.2 Å². The van der Waals surface area contributed by atoms with Crippen molar-refractivity contribution in [2.75, 3.05) is 31.7 Å². The molecule has 0 aromatic heterocycles. The van der Waals surface area contributed by atoms with Gasteiger partial charge in [0.05, 0.1) is 16.6 Å². The van der Waals surface area contributed by atoms with Gasteiger partial charge < -0.3 is 24.6 Å². The number of hydrogen-bond donors (Lipinski definition) is 1. The molecule has 4 aliphatic rings. The molecule has 254 valence electrons. The van der Waals surface area contributed by atoms with Crippen molar-refractivity contribution in [1.29, 1.82) is 0 Å². The number of amides is 1. The number of ether oxygens (including phenoxy) is 2. The molecule has 3 aromatic rings. The second kappa shape index (κ2) is 14.6. The minimum absolute atomic E-state index is 0.00215. The largest absolute Gasteiger partial charge is 0.485 e. The summed E-state index contributed by atoms with van der Waals surface area (Å²) in [6.07, 6.45) is 7.79. The van der Waals surface area contributed by atoms with Gasteiger partial charge in [0.1, 0.15) is 6.10 Å². The standard InChI is InChI=1S/C39H44Cl3N3O3/c1-24-18-34(41)38(35(42)19-24)48-31-15-16-44(23-31)29-9-6-26(7-10-29)32-21-28-8-14-36(43-28)37(32)39(46)45(30-11-12-30)22-27-20-25(4-3-17-47-2)5-13-33(27)40/h5-7,9-10,13,18-20,28,30-31,36,43H,3-4,8,11-12,14-17,21-23H2,1-2H3/t28-,31+,36-/m0/s1. The second-order valence-electron chi connectivity index (χ2n) is 13.9. The van der Waals surface area contributed by atoms with Crippen molar-refractivity contribution in [2.45, 2.75) is 89.1 Å². The summed E-state index contributed by atoms with van der Waals surface area (Å²) in [5.74, 6) is 0.719. The third kappa shape index (κ3) is 7.39. The van der Waals surface area contributed by atoms with Crippen LogP contribution >= 0.6 is 34.8 Å². The molecule has 3 heterocycles. The first-order valence-electron chi connectivity index (χ1n) is 17.3. The number of hydrogen-bond acceptors (Lipinski definition) is 5. The minimum atomic E-state index is 0.00215. The zero-order valence-corrected chi connectivity index (χ0v) is 30.0. The first-order chi connectivity index (χ1) is 23.3. The molecule has 3 atom stereocenters. The summed E-state index contributed by atoms with van der Waals surface area (Å²) in [5.41, 5.74) is 7.68. The van der Waals surface area contributed by atoms with Gasteiger partial charge in [-0.15, -0.1) is 0 Å². The minimum Gasteiger partial charge on any atom is -0.485 e. The number of nitrogens with zero attached hydrogens (tertiary/aromatic N) is 2.